The Bertz CT molecular complexity index is 697. The molecular formula is C18H17BrFNO2. The SMILES string of the molecule is COc1ccc(C2CCCN2C(=O)c2cc(F)cc(Br)c2)cc1. The van der Waals surface area contributed by atoms with Crippen molar-refractivity contribution < 1.29 is 13.9 Å². The van der Waals surface area contributed by atoms with Gasteiger partial charge >= 0.3 is 0 Å². The number of benzene rings is 2. The summed E-state index contributed by atoms with van der Waals surface area (Å²) in [4.78, 5) is 14.6. The summed E-state index contributed by atoms with van der Waals surface area (Å²) in [5.74, 6) is 0.241. The average Bonchev–Trinajstić information content (AvgIpc) is 3.03. The molecule has 0 spiro atoms. The van der Waals surface area contributed by atoms with Crippen molar-refractivity contribution in [2.45, 2.75) is 18.9 Å². The predicted molar refractivity (Wildman–Crippen MR) is 90.1 cm³/mol. The normalized spacial score (nSPS) is 17.3. The highest BCUT2D eigenvalue weighted by molar-refractivity contribution is 9.10. The van der Waals surface area contributed by atoms with Crippen LogP contribution in [0.15, 0.2) is 46.9 Å². The molecule has 1 aliphatic rings. The molecule has 0 N–H and O–H groups in total. The lowest BCUT2D eigenvalue weighted by Gasteiger charge is -2.25. The monoisotopic (exact) mass is 377 g/mol. The highest BCUT2D eigenvalue weighted by Crippen LogP contribution is 2.34. The number of ether oxygens (including phenoxy) is 1. The molecule has 2 aromatic rings. The van der Waals surface area contributed by atoms with E-state index in [1.165, 1.54) is 12.1 Å². The summed E-state index contributed by atoms with van der Waals surface area (Å²) in [6, 6.07) is 12.1. The number of rotatable bonds is 3. The molecule has 1 amide bonds. The first-order valence-electron chi connectivity index (χ1n) is 7.49. The number of amides is 1. The second kappa shape index (κ2) is 6.71. The number of carbonyl (C=O) groups excluding carboxylic acids is 1. The van der Waals surface area contributed by atoms with Gasteiger partial charge in [0, 0.05) is 16.6 Å². The lowest BCUT2D eigenvalue weighted by Crippen LogP contribution is -2.30. The topological polar surface area (TPSA) is 29.5 Å². The van der Waals surface area contributed by atoms with E-state index in [9.17, 15) is 9.18 Å². The summed E-state index contributed by atoms with van der Waals surface area (Å²) in [6.45, 7) is 0.684. The zero-order valence-corrected chi connectivity index (χ0v) is 14.3. The van der Waals surface area contributed by atoms with Gasteiger partial charge in [-0.2, -0.15) is 0 Å². The van der Waals surface area contributed by atoms with Gasteiger partial charge in [0.2, 0.25) is 0 Å². The Hall–Kier alpha value is -1.88. The third kappa shape index (κ3) is 3.39. The van der Waals surface area contributed by atoms with Crippen molar-refractivity contribution in [2.24, 2.45) is 0 Å². The van der Waals surface area contributed by atoms with E-state index in [-0.39, 0.29) is 11.9 Å². The summed E-state index contributed by atoms with van der Waals surface area (Å²) in [7, 11) is 1.63. The van der Waals surface area contributed by atoms with E-state index in [0.29, 0.717) is 16.6 Å². The maximum Gasteiger partial charge on any atom is 0.254 e. The van der Waals surface area contributed by atoms with E-state index in [2.05, 4.69) is 15.9 Å². The standard InChI is InChI=1S/C18H17BrFNO2/c1-23-16-6-4-12(5-7-16)17-3-2-8-21(17)18(22)13-9-14(19)11-15(20)10-13/h4-7,9-11,17H,2-3,8H2,1H3. The molecule has 0 radical (unpaired) electrons. The number of likely N-dealkylation sites (tertiary alicyclic amines) is 1. The van der Waals surface area contributed by atoms with E-state index in [1.54, 1.807) is 13.2 Å². The molecule has 0 saturated carbocycles. The number of nitrogens with zero attached hydrogens (tertiary/aromatic N) is 1. The van der Waals surface area contributed by atoms with E-state index in [0.717, 1.165) is 24.2 Å². The molecule has 1 fully saturated rings. The van der Waals surface area contributed by atoms with Gasteiger partial charge < -0.3 is 9.64 Å². The van der Waals surface area contributed by atoms with Crippen LogP contribution in [0.5, 0.6) is 5.75 Å². The Kier molecular flexibility index (Phi) is 4.66. The molecule has 1 atom stereocenters. The smallest absolute Gasteiger partial charge is 0.254 e. The van der Waals surface area contributed by atoms with Gasteiger partial charge in [-0.3, -0.25) is 4.79 Å². The zero-order valence-electron chi connectivity index (χ0n) is 12.8. The molecule has 1 unspecified atom stereocenters. The molecule has 1 heterocycles. The van der Waals surface area contributed by atoms with Gasteiger partial charge in [-0.15, -0.1) is 0 Å². The Morgan fingerprint density at radius 1 is 1.26 bits per heavy atom. The largest absolute Gasteiger partial charge is 0.497 e. The van der Waals surface area contributed by atoms with Crippen molar-refractivity contribution in [3.63, 3.8) is 0 Å². The Balaban J connectivity index is 1.86. The average molecular weight is 378 g/mol. The molecule has 5 heteroatoms. The van der Waals surface area contributed by atoms with Crippen molar-refractivity contribution in [2.75, 3.05) is 13.7 Å². The molecule has 0 bridgehead atoms. The molecule has 3 nitrogen and oxygen atoms in total. The maximum absolute atomic E-state index is 13.6. The third-order valence-corrected chi connectivity index (χ3v) is 4.58. The first-order valence-corrected chi connectivity index (χ1v) is 8.29. The second-order valence-electron chi connectivity index (χ2n) is 5.59. The number of halogens is 2. The van der Waals surface area contributed by atoms with Crippen molar-refractivity contribution in [3.05, 3.63) is 63.9 Å². The van der Waals surface area contributed by atoms with Gasteiger partial charge in [0.15, 0.2) is 0 Å². The van der Waals surface area contributed by atoms with Crippen LogP contribution in [-0.2, 0) is 0 Å². The van der Waals surface area contributed by atoms with Crippen LogP contribution in [0, 0.1) is 5.82 Å². The van der Waals surface area contributed by atoms with Crippen LogP contribution in [0.4, 0.5) is 4.39 Å². The summed E-state index contributed by atoms with van der Waals surface area (Å²) < 4.78 is 19.3. The van der Waals surface area contributed by atoms with Crippen LogP contribution < -0.4 is 4.74 Å². The van der Waals surface area contributed by atoms with E-state index >= 15 is 0 Å². The van der Waals surface area contributed by atoms with Crippen LogP contribution in [0.3, 0.4) is 0 Å². The van der Waals surface area contributed by atoms with E-state index in [1.807, 2.05) is 29.2 Å². The van der Waals surface area contributed by atoms with Gasteiger partial charge in [0.25, 0.3) is 5.91 Å². The van der Waals surface area contributed by atoms with Crippen molar-refractivity contribution in [3.8, 4) is 5.75 Å². The minimum absolute atomic E-state index is 0.0236. The van der Waals surface area contributed by atoms with Gasteiger partial charge in [-0.25, -0.2) is 4.39 Å². The predicted octanol–water partition coefficient (Wildman–Crippen LogP) is 4.57. The van der Waals surface area contributed by atoms with Crippen LogP contribution in [-0.4, -0.2) is 24.5 Å². The first-order chi connectivity index (χ1) is 11.1. The lowest BCUT2D eigenvalue weighted by molar-refractivity contribution is 0.0735. The lowest BCUT2D eigenvalue weighted by atomic mass is 10.0. The molecule has 0 aromatic heterocycles. The van der Waals surface area contributed by atoms with Crippen molar-refractivity contribution >= 4 is 21.8 Å². The maximum atomic E-state index is 13.6. The van der Waals surface area contributed by atoms with Crippen LogP contribution >= 0.6 is 15.9 Å². The molecule has 2 aromatic carbocycles. The fourth-order valence-electron chi connectivity index (χ4n) is 3.03. The van der Waals surface area contributed by atoms with Crippen molar-refractivity contribution in [1.82, 2.24) is 4.90 Å². The van der Waals surface area contributed by atoms with Gasteiger partial charge in [0.1, 0.15) is 11.6 Å². The molecule has 0 aliphatic carbocycles. The minimum Gasteiger partial charge on any atom is -0.497 e. The van der Waals surface area contributed by atoms with Crippen molar-refractivity contribution in [1.29, 1.82) is 0 Å². The highest BCUT2D eigenvalue weighted by Gasteiger charge is 2.30. The highest BCUT2D eigenvalue weighted by atomic mass is 79.9. The summed E-state index contributed by atoms with van der Waals surface area (Å²) in [6.07, 6.45) is 1.85. The molecule has 1 aliphatic heterocycles. The molecular weight excluding hydrogens is 361 g/mol. The summed E-state index contributed by atoms with van der Waals surface area (Å²) in [5.41, 5.74) is 1.45. The molecule has 23 heavy (non-hydrogen) atoms. The fraction of sp³-hybridized carbons (Fsp3) is 0.278. The second-order valence-corrected chi connectivity index (χ2v) is 6.50. The van der Waals surface area contributed by atoms with E-state index < -0.39 is 5.82 Å². The summed E-state index contributed by atoms with van der Waals surface area (Å²) in [5, 5.41) is 0. The summed E-state index contributed by atoms with van der Waals surface area (Å²) >= 11 is 3.24. The molecule has 3 rings (SSSR count). The quantitative estimate of drug-likeness (QED) is 0.783. The zero-order chi connectivity index (χ0) is 16.4. The molecule has 1 saturated heterocycles. The fourth-order valence-corrected chi connectivity index (χ4v) is 3.49. The number of carbonyl (C=O) groups is 1. The van der Waals surface area contributed by atoms with E-state index in [4.69, 9.17) is 4.74 Å². The molecule has 120 valence electrons. The number of methoxy groups -OCH3 is 1. The Morgan fingerprint density at radius 2 is 2.00 bits per heavy atom. The number of hydrogen-bond acceptors (Lipinski definition) is 2. The van der Waals surface area contributed by atoms with Crippen LogP contribution in [0.1, 0.15) is 34.8 Å². The number of hydrogen-bond donors (Lipinski definition) is 0. The van der Waals surface area contributed by atoms with Crippen LogP contribution in [0.25, 0.3) is 0 Å². The third-order valence-electron chi connectivity index (χ3n) is 4.12. The van der Waals surface area contributed by atoms with Gasteiger partial charge in [0.05, 0.1) is 13.2 Å². The minimum atomic E-state index is -0.414. The Morgan fingerprint density at radius 3 is 2.65 bits per heavy atom. The van der Waals surface area contributed by atoms with Crippen LogP contribution in [0.2, 0.25) is 0 Å². The van der Waals surface area contributed by atoms with Gasteiger partial charge in [-0.05, 0) is 48.7 Å². The van der Waals surface area contributed by atoms with Gasteiger partial charge in [-0.1, -0.05) is 28.1 Å². The first kappa shape index (κ1) is 16.0. The Labute approximate surface area is 143 Å².